The third-order valence-electron chi connectivity index (χ3n) is 7.50. The van der Waals surface area contributed by atoms with Gasteiger partial charge >= 0.3 is 0 Å². The lowest BCUT2D eigenvalue weighted by Gasteiger charge is -2.39. The van der Waals surface area contributed by atoms with E-state index >= 15 is 0 Å². The van der Waals surface area contributed by atoms with Crippen molar-refractivity contribution >= 4 is 0 Å². The quantitative estimate of drug-likeness (QED) is 0.593. The van der Waals surface area contributed by atoms with E-state index in [1.54, 1.807) is 6.07 Å². The molecule has 0 spiro atoms. The monoisotopic (exact) mass is 360 g/mol. The summed E-state index contributed by atoms with van der Waals surface area (Å²) in [5.41, 5.74) is 0.455. The molecular weight excluding hydrogens is 330 g/mol. The van der Waals surface area contributed by atoms with Crippen LogP contribution in [0.2, 0.25) is 0 Å². The van der Waals surface area contributed by atoms with Crippen LogP contribution < -0.4 is 0 Å². The molecule has 4 rings (SSSR count). The second kappa shape index (κ2) is 7.70. The maximum atomic E-state index is 14.1. The molecule has 2 saturated carbocycles. The van der Waals surface area contributed by atoms with Gasteiger partial charge in [-0.3, -0.25) is 0 Å². The molecule has 142 valence electrons. The first kappa shape index (κ1) is 18.0. The van der Waals surface area contributed by atoms with Crippen LogP contribution in [0.5, 0.6) is 5.75 Å². The number of aromatic hydroxyl groups is 1. The van der Waals surface area contributed by atoms with Gasteiger partial charge in [-0.1, -0.05) is 18.2 Å². The fourth-order valence-electron chi connectivity index (χ4n) is 5.88. The Hall–Kier alpha value is -1.38. The highest BCUT2D eigenvalue weighted by Crippen LogP contribution is 2.46. The van der Waals surface area contributed by atoms with Gasteiger partial charge in [0.15, 0.2) is 11.6 Å². The summed E-state index contributed by atoms with van der Waals surface area (Å²) in [7, 11) is 0. The number of phenolic OH excluding ortho intramolecular Hbond substituents is 1. The molecule has 3 aliphatic rings. The third-order valence-corrected chi connectivity index (χ3v) is 7.50. The average molecular weight is 360 g/mol. The third kappa shape index (κ3) is 3.54. The normalized spacial score (nSPS) is 32.8. The smallest absolute Gasteiger partial charge is 0.200 e. The van der Waals surface area contributed by atoms with Gasteiger partial charge in [0.25, 0.3) is 0 Å². The van der Waals surface area contributed by atoms with Gasteiger partial charge in [0.05, 0.1) is 0 Å². The van der Waals surface area contributed by atoms with Crippen LogP contribution in [0.3, 0.4) is 0 Å². The van der Waals surface area contributed by atoms with E-state index in [9.17, 15) is 13.9 Å². The summed E-state index contributed by atoms with van der Waals surface area (Å²) in [4.78, 5) is 0. The highest BCUT2D eigenvalue weighted by molar-refractivity contribution is 5.32. The molecule has 0 amide bonds. The van der Waals surface area contributed by atoms with E-state index in [4.69, 9.17) is 0 Å². The lowest BCUT2D eigenvalue weighted by atomic mass is 9.66. The lowest BCUT2D eigenvalue weighted by molar-refractivity contribution is 0.136. The zero-order valence-electron chi connectivity index (χ0n) is 15.5. The first-order valence-electron chi connectivity index (χ1n) is 10.4. The van der Waals surface area contributed by atoms with E-state index in [2.05, 4.69) is 12.2 Å². The molecule has 0 atom stereocenters. The number of allylic oxidation sites excluding steroid dienone is 2. The van der Waals surface area contributed by atoms with Crippen molar-refractivity contribution in [2.24, 2.45) is 23.7 Å². The van der Waals surface area contributed by atoms with Crippen molar-refractivity contribution in [3.63, 3.8) is 0 Å². The van der Waals surface area contributed by atoms with Crippen LogP contribution in [0.15, 0.2) is 24.3 Å². The van der Waals surface area contributed by atoms with E-state index in [0.717, 1.165) is 49.4 Å². The maximum absolute atomic E-state index is 14.1. The number of hydrogen-bond acceptors (Lipinski definition) is 1. The van der Waals surface area contributed by atoms with Gasteiger partial charge in [0.1, 0.15) is 0 Å². The molecule has 0 aliphatic heterocycles. The van der Waals surface area contributed by atoms with Crippen molar-refractivity contribution in [2.45, 2.75) is 70.1 Å². The summed E-state index contributed by atoms with van der Waals surface area (Å²) >= 11 is 0. The molecule has 1 aromatic rings. The predicted molar refractivity (Wildman–Crippen MR) is 100 cm³/mol. The predicted octanol–water partition coefficient (Wildman–Crippen LogP) is 6.72. The van der Waals surface area contributed by atoms with Gasteiger partial charge in [-0.25, -0.2) is 4.39 Å². The standard InChI is InChI=1S/C23H30F2O/c24-22-20(13-14-21(26)23(22)25)19-11-9-18(10-12-19)17-7-5-16(6-8-17)15-3-1-2-4-15/h1-2,13-19,26H,3-12H2. The minimum atomic E-state index is -1.09. The van der Waals surface area contributed by atoms with Gasteiger partial charge in [-0.2, -0.15) is 4.39 Å². The second-order valence-corrected chi connectivity index (χ2v) is 8.79. The van der Waals surface area contributed by atoms with Crippen LogP contribution in [0.1, 0.15) is 75.7 Å². The lowest BCUT2D eigenvalue weighted by Crippen LogP contribution is -2.27. The molecule has 26 heavy (non-hydrogen) atoms. The van der Waals surface area contributed by atoms with Gasteiger partial charge in [-0.05, 0) is 105 Å². The summed E-state index contributed by atoms with van der Waals surface area (Å²) in [6, 6.07) is 2.86. The maximum Gasteiger partial charge on any atom is 0.200 e. The zero-order chi connectivity index (χ0) is 18.1. The summed E-state index contributed by atoms with van der Waals surface area (Å²) in [6.07, 6.45) is 16.9. The van der Waals surface area contributed by atoms with Crippen molar-refractivity contribution in [2.75, 3.05) is 0 Å². The van der Waals surface area contributed by atoms with Crippen molar-refractivity contribution < 1.29 is 13.9 Å². The van der Waals surface area contributed by atoms with Crippen LogP contribution in [0.25, 0.3) is 0 Å². The van der Waals surface area contributed by atoms with E-state index in [1.165, 1.54) is 44.6 Å². The molecule has 0 radical (unpaired) electrons. The number of rotatable bonds is 3. The van der Waals surface area contributed by atoms with Crippen LogP contribution >= 0.6 is 0 Å². The average Bonchev–Trinajstić information content (AvgIpc) is 3.22. The molecule has 3 heteroatoms. The van der Waals surface area contributed by atoms with Crippen molar-refractivity contribution in [3.05, 3.63) is 41.5 Å². The van der Waals surface area contributed by atoms with Crippen molar-refractivity contribution in [1.82, 2.24) is 0 Å². The van der Waals surface area contributed by atoms with E-state index in [1.807, 2.05) is 0 Å². The van der Waals surface area contributed by atoms with E-state index in [-0.39, 0.29) is 5.92 Å². The Morgan fingerprint density at radius 2 is 1.15 bits per heavy atom. The summed E-state index contributed by atoms with van der Waals surface area (Å²) in [6.45, 7) is 0. The van der Waals surface area contributed by atoms with E-state index < -0.39 is 17.4 Å². The van der Waals surface area contributed by atoms with Gasteiger partial charge in [0.2, 0.25) is 5.82 Å². The topological polar surface area (TPSA) is 20.2 Å². The SMILES string of the molecule is Oc1ccc(C2CCC(C3CCC(C4CC=CC4)CC3)CC2)c(F)c1F. The van der Waals surface area contributed by atoms with Crippen LogP contribution in [-0.4, -0.2) is 5.11 Å². The Labute approximate surface area is 155 Å². The molecule has 1 N–H and O–H groups in total. The number of phenols is 1. The first-order chi connectivity index (χ1) is 12.6. The van der Waals surface area contributed by atoms with Gasteiger partial charge in [0, 0.05) is 0 Å². The molecule has 2 fully saturated rings. The Balaban J connectivity index is 1.30. The Bertz CT molecular complexity index is 644. The largest absolute Gasteiger partial charge is 0.505 e. The summed E-state index contributed by atoms with van der Waals surface area (Å²) in [5.74, 6) is 0.993. The zero-order valence-corrected chi connectivity index (χ0v) is 15.5. The minimum absolute atomic E-state index is 0.0993. The van der Waals surface area contributed by atoms with E-state index in [0.29, 0.717) is 5.56 Å². The molecule has 0 saturated heterocycles. The van der Waals surface area contributed by atoms with Crippen LogP contribution in [0, 0.1) is 35.3 Å². The Kier molecular flexibility index (Phi) is 5.33. The number of hydrogen-bond donors (Lipinski definition) is 1. The highest BCUT2D eigenvalue weighted by atomic mass is 19.2. The van der Waals surface area contributed by atoms with Gasteiger partial charge in [-0.15, -0.1) is 0 Å². The molecule has 3 aliphatic carbocycles. The Morgan fingerprint density at radius 3 is 1.73 bits per heavy atom. The fraction of sp³-hybridized carbons (Fsp3) is 0.652. The Morgan fingerprint density at radius 1 is 0.654 bits per heavy atom. The van der Waals surface area contributed by atoms with Crippen LogP contribution in [0.4, 0.5) is 8.78 Å². The summed E-state index contributed by atoms with van der Waals surface area (Å²) in [5, 5.41) is 9.32. The molecule has 0 bridgehead atoms. The van der Waals surface area contributed by atoms with Crippen molar-refractivity contribution in [1.29, 1.82) is 0 Å². The second-order valence-electron chi connectivity index (χ2n) is 8.79. The molecule has 0 heterocycles. The first-order valence-corrected chi connectivity index (χ1v) is 10.4. The summed E-state index contributed by atoms with van der Waals surface area (Å²) < 4.78 is 27.8. The highest BCUT2D eigenvalue weighted by Gasteiger charge is 2.34. The minimum Gasteiger partial charge on any atom is -0.505 e. The molecular formula is C23H30F2O. The molecule has 0 aromatic heterocycles. The molecule has 1 nitrogen and oxygen atoms in total. The molecule has 0 unspecified atom stereocenters. The number of benzene rings is 1. The van der Waals surface area contributed by atoms with Gasteiger partial charge < -0.3 is 5.11 Å². The fourth-order valence-corrected chi connectivity index (χ4v) is 5.88. The molecule has 1 aromatic carbocycles. The van der Waals surface area contributed by atoms with Crippen molar-refractivity contribution in [3.8, 4) is 5.75 Å². The number of halogens is 2. The van der Waals surface area contributed by atoms with Crippen LogP contribution in [-0.2, 0) is 0 Å².